The van der Waals surface area contributed by atoms with Crippen LogP contribution >= 0.6 is 11.5 Å². The molecule has 17 heavy (non-hydrogen) atoms. The summed E-state index contributed by atoms with van der Waals surface area (Å²) in [6.45, 7) is 7.82. The van der Waals surface area contributed by atoms with Gasteiger partial charge in [0.2, 0.25) is 0 Å². The van der Waals surface area contributed by atoms with Crippen LogP contribution in [0, 0.1) is 0 Å². The van der Waals surface area contributed by atoms with Gasteiger partial charge in [0.15, 0.2) is 0 Å². The van der Waals surface area contributed by atoms with Gasteiger partial charge >= 0.3 is 0 Å². The highest BCUT2D eigenvalue weighted by atomic mass is 32.1. The lowest BCUT2D eigenvalue weighted by Gasteiger charge is -2.21. The summed E-state index contributed by atoms with van der Waals surface area (Å²) in [7, 11) is 0. The number of nitrogens with one attached hydrogen (secondary N) is 1. The second-order valence-electron chi connectivity index (χ2n) is 5.02. The SMILES string of the molecule is CCCNC(CC)C(C)c1nc(C2CC2)ns1. The minimum Gasteiger partial charge on any atom is -0.313 e. The maximum Gasteiger partial charge on any atom is 0.145 e. The highest BCUT2D eigenvalue weighted by Crippen LogP contribution is 2.39. The fraction of sp³-hybridized carbons (Fsp3) is 0.846. The van der Waals surface area contributed by atoms with Crippen LogP contribution in [0.25, 0.3) is 0 Å². The summed E-state index contributed by atoms with van der Waals surface area (Å²) in [5, 5.41) is 4.82. The highest BCUT2D eigenvalue weighted by Gasteiger charge is 2.29. The summed E-state index contributed by atoms with van der Waals surface area (Å²) in [5.74, 6) is 2.26. The molecule has 0 saturated heterocycles. The van der Waals surface area contributed by atoms with Gasteiger partial charge in [-0.2, -0.15) is 4.37 Å². The van der Waals surface area contributed by atoms with Gasteiger partial charge < -0.3 is 5.32 Å². The third-order valence-corrected chi connectivity index (χ3v) is 4.42. The van der Waals surface area contributed by atoms with Crippen molar-refractivity contribution in [2.45, 2.75) is 64.3 Å². The Morgan fingerprint density at radius 2 is 2.18 bits per heavy atom. The summed E-state index contributed by atoms with van der Waals surface area (Å²) in [5.41, 5.74) is 0. The molecular weight excluding hydrogens is 230 g/mol. The Kier molecular flexibility index (Phi) is 4.51. The average Bonchev–Trinajstić information content (AvgIpc) is 3.08. The van der Waals surface area contributed by atoms with Crippen molar-refractivity contribution < 1.29 is 0 Å². The van der Waals surface area contributed by atoms with Crippen LogP contribution in [-0.4, -0.2) is 21.9 Å². The smallest absolute Gasteiger partial charge is 0.145 e. The second kappa shape index (κ2) is 5.91. The van der Waals surface area contributed by atoms with Crippen molar-refractivity contribution in [3.8, 4) is 0 Å². The fourth-order valence-corrected chi connectivity index (χ4v) is 2.96. The van der Waals surface area contributed by atoms with Gasteiger partial charge in [-0.1, -0.05) is 20.8 Å². The Balaban J connectivity index is 1.97. The fourth-order valence-electron chi connectivity index (χ4n) is 2.12. The van der Waals surface area contributed by atoms with Crippen LogP contribution in [-0.2, 0) is 0 Å². The zero-order valence-corrected chi connectivity index (χ0v) is 11.9. The van der Waals surface area contributed by atoms with E-state index in [4.69, 9.17) is 4.98 Å². The standard InChI is InChI=1S/C13H23N3S/c1-4-8-14-11(5-2)9(3)13-15-12(16-17-13)10-6-7-10/h9-11,14H,4-8H2,1-3H3. The van der Waals surface area contributed by atoms with E-state index in [2.05, 4.69) is 30.5 Å². The van der Waals surface area contributed by atoms with Crippen molar-refractivity contribution in [3.05, 3.63) is 10.8 Å². The first kappa shape index (κ1) is 13.0. The number of hydrogen-bond donors (Lipinski definition) is 1. The number of aromatic nitrogens is 2. The molecule has 1 heterocycles. The molecule has 2 atom stereocenters. The van der Waals surface area contributed by atoms with Gasteiger partial charge in [0.05, 0.1) is 0 Å². The van der Waals surface area contributed by atoms with Gasteiger partial charge in [-0.05, 0) is 43.8 Å². The first-order valence-electron chi connectivity index (χ1n) is 6.83. The lowest BCUT2D eigenvalue weighted by molar-refractivity contribution is 0.437. The van der Waals surface area contributed by atoms with Gasteiger partial charge in [0, 0.05) is 17.9 Å². The third kappa shape index (κ3) is 3.26. The topological polar surface area (TPSA) is 37.8 Å². The summed E-state index contributed by atoms with van der Waals surface area (Å²) in [4.78, 5) is 4.72. The molecule has 0 amide bonds. The minimum absolute atomic E-state index is 0.483. The van der Waals surface area contributed by atoms with Crippen molar-refractivity contribution in [2.24, 2.45) is 0 Å². The quantitative estimate of drug-likeness (QED) is 0.810. The van der Waals surface area contributed by atoms with Crippen molar-refractivity contribution in [1.82, 2.24) is 14.7 Å². The molecule has 0 aromatic carbocycles. The van der Waals surface area contributed by atoms with Crippen molar-refractivity contribution in [3.63, 3.8) is 0 Å². The van der Waals surface area contributed by atoms with Crippen molar-refractivity contribution in [2.75, 3.05) is 6.54 Å². The maximum atomic E-state index is 4.72. The van der Waals surface area contributed by atoms with Crippen LogP contribution in [0.1, 0.15) is 69.1 Å². The predicted molar refractivity (Wildman–Crippen MR) is 72.7 cm³/mol. The molecule has 1 aliphatic carbocycles. The van der Waals surface area contributed by atoms with Crippen LogP contribution in [0.3, 0.4) is 0 Å². The summed E-state index contributed by atoms with van der Waals surface area (Å²) >= 11 is 1.60. The lowest BCUT2D eigenvalue weighted by Crippen LogP contribution is -2.33. The van der Waals surface area contributed by atoms with E-state index in [1.807, 2.05) is 0 Å². The van der Waals surface area contributed by atoms with Crippen LogP contribution < -0.4 is 5.32 Å². The molecule has 3 nitrogen and oxygen atoms in total. The van der Waals surface area contributed by atoms with E-state index in [9.17, 15) is 0 Å². The molecule has 96 valence electrons. The first-order chi connectivity index (χ1) is 8.26. The molecule has 1 aliphatic rings. The van der Waals surface area contributed by atoms with Gasteiger partial charge in [0.1, 0.15) is 10.8 Å². The maximum absolute atomic E-state index is 4.72. The first-order valence-corrected chi connectivity index (χ1v) is 7.60. The third-order valence-electron chi connectivity index (χ3n) is 3.49. The van der Waals surface area contributed by atoms with E-state index < -0.39 is 0 Å². The monoisotopic (exact) mass is 253 g/mol. The van der Waals surface area contributed by atoms with Crippen LogP contribution in [0.4, 0.5) is 0 Å². The summed E-state index contributed by atoms with van der Waals surface area (Å²) < 4.78 is 4.50. The highest BCUT2D eigenvalue weighted by molar-refractivity contribution is 7.05. The second-order valence-corrected chi connectivity index (χ2v) is 5.81. The average molecular weight is 253 g/mol. The Morgan fingerprint density at radius 3 is 2.76 bits per heavy atom. The molecule has 2 rings (SSSR count). The van der Waals surface area contributed by atoms with Crippen LogP contribution in [0.15, 0.2) is 0 Å². The Bertz CT molecular complexity index is 346. The molecule has 4 heteroatoms. The Hall–Kier alpha value is -0.480. The summed E-state index contributed by atoms with van der Waals surface area (Å²) in [6.07, 6.45) is 4.91. The normalized spacial score (nSPS) is 19.2. The van der Waals surface area contributed by atoms with Gasteiger partial charge in [-0.15, -0.1) is 0 Å². The predicted octanol–water partition coefficient (Wildman–Crippen LogP) is 3.30. The molecular formula is C13H23N3S. The van der Waals surface area contributed by atoms with Gasteiger partial charge in [0.25, 0.3) is 0 Å². The van der Waals surface area contributed by atoms with E-state index in [-0.39, 0.29) is 0 Å². The molecule has 2 unspecified atom stereocenters. The zero-order chi connectivity index (χ0) is 12.3. The van der Waals surface area contributed by atoms with Crippen molar-refractivity contribution >= 4 is 11.5 Å². The molecule has 1 fully saturated rings. The molecule has 1 aromatic rings. The van der Waals surface area contributed by atoms with E-state index >= 15 is 0 Å². The van der Waals surface area contributed by atoms with Crippen molar-refractivity contribution in [1.29, 1.82) is 0 Å². The van der Waals surface area contributed by atoms with Gasteiger partial charge in [-0.25, -0.2) is 4.98 Å². The molecule has 1 N–H and O–H groups in total. The Labute approximate surface area is 108 Å². The molecule has 1 aromatic heterocycles. The number of hydrogen-bond acceptors (Lipinski definition) is 4. The van der Waals surface area contributed by atoms with E-state index in [1.165, 1.54) is 24.3 Å². The van der Waals surface area contributed by atoms with E-state index in [0.29, 0.717) is 17.9 Å². The van der Waals surface area contributed by atoms with E-state index in [0.717, 1.165) is 18.8 Å². The summed E-state index contributed by atoms with van der Waals surface area (Å²) in [6, 6.07) is 0.537. The minimum atomic E-state index is 0.483. The Morgan fingerprint density at radius 1 is 1.41 bits per heavy atom. The number of nitrogens with zero attached hydrogens (tertiary/aromatic N) is 2. The number of rotatable bonds is 7. The van der Waals surface area contributed by atoms with E-state index in [1.54, 1.807) is 11.5 Å². The molecule has 1 saturated carbocycles. The zero-order valence-electron chi connectivity index (χ0n) is 11.1. The molecule has 0 radical (unpaired) electrons. The molecule has 0 bridgehead atoms. The largest absolute Gasteiger partial charge is 0.313 e. The lowest BCUT2D eigenvalue weighted by atomic mass is 10.0. The van der Waals surface area contributed by atoms with Crippen LogP contribution in [0.2, 0.25) is 0 Å². The van der Waals surface area contributed by atoms with Gasteiger partial charge in [-0.3, -0.25) is 0 Å². The van der Waals surface area contributed by atoms with Crippen LogP contribution in [0.5, 0.6) is 0 Å². The molecule has 0 spiro atoms. The molecule has 0 aliphatic heterocycles.